The molecule has 0 aliphatic carbocycles. The van der Waals surface area contributed by atoms with Crippen LogP contribution in [0.25, 0.3) is 0 Å². The minimum atomic E-state index is -0.828. The largest absolute Gasteiger partial charge is 0.457 e. The average molecular weight is 426 g/mol. The number of nitrogens with zero attached hydrogens (tertiary/aromatic N) is 2. The predicted octanol–water partition coefficient (Wildman–Crippen LogP) is 5.37. The zero-order chi connectivity index (χ0) is 20.8. The molecule has 1 heterocycles. The van der Waals surface area contributed by atoms with Gasteiger partial charge in [-0.05, 0) is 47.5 Å². The van der Waals surface area contributed by atoms with Crippen LogP contribution in [-0.4, -0.2) is 23.4 Å². The molecule has 0 saturated heterocycles. The molecule has 0 atom stereocenters. The monoisotopic (exact) mass is 425 g/mol. The van der Waals surface area contributed by atoms with E-state index in [-0.39, 0.29) is 0 Å². The van der Waals surface area contributed by atoms with Crippen molar-refractivity contribution in [3.05, 3.63) is 95.6 Å². The Labute approximate surface area is 178 Å². The third-order valence-corrected chi connectivity index (χ3v) is 5.54. The lowest BCUT2D eigenvalue weighted by atomic mass is 10.2. The Kier molecular flexibility index (Phi) is 6.61. The first kappa shape index (κ1) is 20.4. The van der Waals surface area contributed by atoms with Crippen LogP contribution in [0.4, 0.5) is 8.78 Å². The fourth-order valence-electron chi connectivity index (χ4n) is 3.02. The highest BCUT2D eigenvalue weighted by molar-refractivity contribution is 8.13. The molecule has 0 fully saturated rings. The third kappa shape index (κ3) is 5.58. The van der Waals surface area contributed by atoms with E-state index in [0.717, 1.165) is 39.6 Å². The summed E-state index contributed by atoms with van der Waals surface area (Å²) >= 11 is 1.63. The molecule has 1 aliphatic rings. The first-order chi connectivity index (χ1) is 14.7. The van der Waals surface area contributed by atoms with Gasteiger partial charge < -0.3 is 10.1 Å². The molecule has 0 aromatic heterocycles. The second-order valence-electron chi connectivity index (χ2n) is 6.87. The van der Waals surface area contributed by atoms with Gasteiger partial charge >= 0.3 is 0 Å². The van der Waals surface area contributed by atoms with E-state index in [0.29, 0.717) is 19.9 Å². The van der Waals surface area contributed by atoms with E-state index in [2.05, 4.69) is 16.4 Å². The van der Waals surface area contributed by atoms with E-state index < -0.39 is 11.6 Å². The number of para-hydroxylation sites is 1. The molecular weight excluding hydrogens is 404 g/mol. The number of aliphatic imine (C=N–C) groups is 1. The summed E-state index contributed by atoms with van der Waals surface area (Å²) in [7, 11) is 0. The van der Waals surface area contributed by atoms with E-state index in [1.165, 1.54) is 6.07 Å². The summed E-state index contributed by atoms with van der Waals surface area (Å²) in [6.45, 7) is 1.61. The van der Waals surface area contributed by atoms with Crippen LogP contribution in [0.3, 0.4) is 0 Å². The van der Waals surface area contributed by atoms with Gasteiger partial charge in [0.15, 0.2) is 16.8 Å². The van der Waals surface area contributed by atoms with Gasteiger partial charge in [0.25, 0.3) is 0 Å². The maximum atomic E-state index is 13.4. The summed E-state index contributed by atoms with van der Waals surface area (Å²) in [5.41, 5.74) is 1.86. The van der Waals surface area contributed by atoms with E-state index in [1.807, 2.05) is 53.4 Å². The van der Waals surface area contributed by atoms with Crippen LogP contribution in [0.5, 0.6) is 11.5 Å². The van der Waals surface area contributed by atoms with Gasteiger partial charge in [-0.1, -0.05) is 48.2 Å². The molecule has 3 aromatic rings. The standard InChI is InChI=1S/C23H21F2N3OS/c24-21-10-9-17(12-22(21)25)13-28-15-26-23(27-16-28)30-14-18-5-4-8-20(11-18)29-19-6-2-1-3-7-19/h1-12H,13-16H2,(H,26,27). The number of halogens is 2. The first-order valence-electron chi connectivity index (χ1n) is 9.55. The highest BCUT2D eigenvalue weighted by atomic mass is 32.2. The fraction of sp³-hybridized carbons (Fsp3) is 0.174. The number of hydrogen-bond acceptors (Lipinski definition) is 5. The van der Waals surface area contributed by atoms with Crippen LogP contribution in [-0.2, 0) is 12.3 Å². The molecule has 30 heavy (non-hydrogen) atoms. The number of nitrogens with one attached hydrogen (secondary N) is 1. The molecule has 0 unspecified atom stereocenters. The number of benzene rings is 3. The quantitative estimate of drug-likeness (QED) is 0.576. The molecule has 0 bridgehead atoms. The van der Waals surface area contributed by atoms with Crippen molar-refractivity contribution in [3.8, 4) is 11.5 Å². The van der Waals surface area contributed by atoms with Crippen molar-refractivity contribution in [1.82, 2.24) is 10.2 Å². The molecule has 3 aromatic carbocycles. The number of ether oxygens (including phenoxy) is 1. The topological polar surface area (TPSA) is 36.9 Å². The smallest absolute Gasteiger partial charge is 0.159 e. The van der Waals surface area contributed by atoms with Crippen molar-refractivity contribution >= 4 is 16.9 Å². The third-order valence-electron chi connectivity index (χ3n) is 4.51. The highest BCUT2D eigenvalue weighted by Gasteiger charge is 2.14. The highest BCUT2D eigenvalue weighted by Crippen LogP contribution is 2.24. The van der Waals surface area contributed by atoms with E-state index in [4.69, 9.17) is 4.74 Å². The van der Waals surface area contributed by atoms with Gasteiger partial charge in [0.2, 0.25) is 0 Å². The normalized spacial score (nSPS) is 14.1. The Hall–Kier alpha value is -2.90. The Bertz CT molecular complexity index is 1030. The van der Waals surface area contributed by atoms with Crippen molar-refractivity contribution in [2.75, 3.05) is 13.3 Å². The number of thioether (sulfide) groups is 1. The SMILES string of the molecule is Fc1ccc(CN2CN=C(SCc3cccc(Oc4ccccc4)c3)NC2)cc1F. The fourth-order valence-corrected chi connectivity index (χ4v) is 3.82. The first-order valence-corrected chi connectivity index (χ1v) is 10.5. The second kappa shape index (κ2) is 9.73. The molecule has 4 rings (SSSR count). The predicted molar refractivity (Wildman–Crippen MR) is 116 cm³/mol. The second-order valence-corrected chi connectivity index (χ2v) is 7.83. The van der Waals surface area contributed by atoms with Gasteiger partial charge in [-0.25, -0.2) is 13.8 Å². The molecule has 0 saturated carbocycles. The molecule has 1 N–H and O–H groups in total. The van der Waals surface area contributed by atoms with Crippen molar-refractivity contribution < 1.29 is 13.5 Å². The average Bonchev–Trinajstić information content (AvgIpc) is 2.77. The Morgan fingerprint density at radius 2 is 1.73 bits per heavy atom. The van der Waals surface area contributed by atoms with E-state index >= 15 is 0 Å². The van der Waals surface area contributed by atoms with Crippen LogP contribution in [0.1, 0.15) is 11.1 Å². The number of hydrogen-bond donors (Lipinski definition) is 1. The zero-order valence-corrected chi connectivity index (χ0v) is 17.0. The lowest BCUT2D eigenvalue weighted by Gasteiger charge is -2.26. The van der Waals surface area contributed by atoms with Crippen LogP contribution in [0.2, 0.25) is 0 Å². The van der Waals surface area contributed by atoms with Gasteiger partial charge in [0.1, 0.15) is 11.5 Å². The summed E-state index contributed by atoms with van der Waals surface area (Å²) in [6.07, 6.45) is 0. The Morgan fingerprint density at radius 3 is 2.50 bits per heavy atom. The minimum Gasteiger partial charge on any atom is -0.457 e. The van der Waals surface area contributed by atoms with Gasteiger partial charge in [-0.15, -0.1) is 0 Å². The lowest BCUT2D eigenvalue weighted by Crippen LogP contribution is -2.41. The maximum Gasteiger partial charge on any atom is 0.159 e. The van der Waals surface area contributed by atoms with Crippen LogP contribution in [0.15, 0.2) is 77.8 Å². The zero-order valence-electron chi connectivity index (χ0n) is 16.2. The summed E-state index contributed by atoms with van der Waals surface area (Å²) in [5, 5.41) is 4.15. The number of rotatable bonds is 6. The summed E-state index contributed by atoms with van der Waals surface area (Å²) in [6, 6.07) is 21.7. The van der Waals surface area contributed by atoms with Crippen molar-refractivity contribution in [3.63, 3.8) is 0 Å². The number of amidine groups is 1. The maximum absolute atomic E-state index is 13.4. The molecular formula is C23H21F2N3OS. The van der Waals surface area contributed by atoms with Crippen LogP contribution < -0.4 is 10.1 Å². The molecule has 0 amide bonds. The summed E-state index contributed by atoms with van der Waals surface area (Å²) in [4.78, 5) is 6.57. The van der Waals surface area contributed by atoms with Gasteiger partial charge in [-0.2, -0.15) is 0 Å². The van der Waals surface area contributed by atoms with Crippen LogP contribution >= 0.6 is 11.8 Å². The summed E-state index contributed by atoms with van der Waals surface area (Å²) < 4.78 is 32.3. The van der Waals surface area contributed by atoms with E-state index in [1.54, 1.807) is 17.8 Å². The summed E-state index contributed by atoms with van der Waals surface area (Å²) in [5.74, 6) is 0.722. The van der Waals surface area contributed by atoms with Gasteiger partial charge in [-0.3, -0.25) is 4.90 Å². The molecule has 154 valence electrons. The molecule has 1 aliphatic heterocycles. The molecule has 0 radical (unpaired) electrons. The van der Waals surface area contributed by atoms with Gasteiger partial charge in [0, 0.05) is 12.3 Å². The van der Waals surface area contributed by atoms with E-state index in [9.17, 15) is 8.78 Å². The molecule has 0 spiro atoms. The Balaban J connectivity index is 1.28. The van der Waals surface area contributed by atoms with Crippen molar-refractivity contribution in [2.45, 2.75) is 12.3 Å². The van der Waals surface area contributed by atoms with Gasteiger partial charge in [0.05, 0.1) is 13.3 Å². The lowest BCUT2D eigenvalue weighted by molar-refractivity contribution is 0.258. The van der Waals surface area contributed by atoms with Crippen LogP contribution in [0, 0.1) is 11.6 Å². The Morgan fingerprint density at radius 1 is 0.900 bits per heavy atom. The van der Waals surface area contributed by atoms with Crippen molar-refractivity contribution in [1.29, 1.82) is 0 Å². The molecule has 7 heteroatoms. The molecule has 4 nitrogen and oxygen atoms in total. The van der Waals surface area contributed by atoms with Crippen molar-refractivity contribution in [2.24, 2.45) is 4.99 Å². The minimum absolute atomic E-state index is 0.504.